The molecule has 0 fully saturated rings. The standard InChI is InChI=1S/C12H17BrN2/c1-3-15-5-4-12-11(8-15)6-10(7-13)9(2)14-12/h6H,3-5,7-8H2,1-2H3. The molecule has 1 aliphatic heterocycles. The summed E-state index contributed by atoms with van der Waals surface area (Å²) < 4.78 is 0. The van der Waals surface area contributed by atoms with Crippen molar-refractivity contribution >= 4 is 15.9 Å². The second-order valence-electron chi connectivity index (χ2n) is 4.09. The molecule has 3 heteroatoms. The van der Waals surface area contributed by atoms with E-state index in [9.17, 15) is 0 Å². The molecule has 0 saturated carbocycles. The fraction of sp³-hybridized carbons (Fsp3) is 0.583. The zero-order valence-electron chi connectivity index (χ0n) is 9.39. The van der Waals surface area contributed by atoms with Crippen LogP contribution in [-0.2, 0) is 18.3 Å². The molecule has 0 saturated heterocycles. The van der Waals surface area contributed by atoms with E-state index in [0.717, 1.165) is 31.4 Å². The summed E-state index contributed by atoms with van der Waals surface area (Å²) in [4.78, 5) is 7.17. The van der Waals surface area contributed by atoms with Gasteiger partial charge < -0.3 is 0 Å². The highest BCUT2D eigenvalue weighted by Crippen LogP contribution is 2.21. The molecule has 0 atom stereocenters. The summed E-state index contributed by atoms with van der Waals surface area (Å²) in [6, 6.07) is 2.31. The second kappa shape index (κ2) is 4.62. The molecule has 1 aliphatic rings. The van der Waals surface area contributed by atoms with Crippen molar-refractivity contribution in [3.8, 4) is 0 Å². The zero-order valence-corrected chi connectivity index (χ0v) is 11.0. The number of aromatic nitrogens is 1. The van der Waals surface area contributed by atoms with Crippen LogP contribution in [0.5, 0.6) is 0 Å². The molecule has 15 heavy (non-hydrogen) atoms. The van der Waals surface area contributed by atoms with Gasteiger partial charge in [0.2, 0.25) is 0 Å². The number of hydrogen-bond acceptors (Lipinski definition) is 2. The number of fused-ring (bicyclic) bond motifs is 1. The van der Waals surface area contributed by atoms with E-state index >= 15 is 0 Å². The van der Waals surface area contributed by atoms with Crippen LogP contribution in [0.1, 0.15) is 29.4 Å². The summed E-state index contributed by atoms with van der Waals surface area (Å²) in [7, 11) is 0. The molecule has 2 heterocycles. The van der Waals surface area contributed by atoms with Crippen LogP contribution in [0.4, 0.5) is 0 Å². The maximum atomic E-state index is 4.70. The summed E-state index contributed by atoms with van der Waals surface area (Å²) in [5.74, 6) is 0. The average molecular weight is 269 g/mol. The lowest BCUT2D eigenvalue weighted by molar-refractivity contribution is 0.265. The Balaban J connectivity index is 2.33. The lowest BCUT2D eigenvalue weighted by Crippen LogP contribution is -2.31. The zero-order chi connectivity index (χ0) is 10.8. The van der Waals surface area contributed by atoms with Gasteiger partial charge >= 0.3 is 0 Å². The van der Waals surface area contributed by atoms with Crippen LogP contribution in [0.15, 0.2) is 6.07 Å². The van der Waals surface area contributed by atoms with E-state index in [2.05, 4.69) is 40.7 Å². The third-order valence-corrected chi connectivity index (χ3v) is 3.74. The molecule has 0 aliphatic carbocycles. The molecule has 82 valence electrons. The fourth-order valence-electron chi connectivity index (χ4n) is 2.09. The average Bonchev–Trinajstić information content (AvgIpc) is 2.27. The minimum Gasteiger partial charge on any atom is -0.299 e. The highest BCUT2D eigenvalue weighted by Gasteiger charge is 2.17. The number of pyridine rings is 1. The van der Waals surface area contributed by atoms with Gasteiger partial charge in [-0.1, -0.05) is 28.9 Å². The van der Waals surface area contributed by atoms with E-state index in [1.165, 1.54) is 22.5 Å². The van der Waals surface area contributed by atoms with Crippen LogP contribution in [0.3, 0.4) is 0 Å². The van der Waals surface area contributed by atoms with Crippen LogP contribution in [0.25, 0.3) is 0 Å². The van der Waals surface area contributed by atoms with Gasteiger partial charge in [0.1, 0.15) is 0 Å². The molecule has 2 nitrogen and oxygen atoms in total. The van der Waals surface area contributed by atoms with Crippen LogP contribution in [0.2, 0.25) is 0 Å². The van der Waals surface area contributed by atoms with Gasteiger partial charge in [0.25, 0.3) is 0 Å². The number of hydrogen-bond donors (Lipinski definition) is 0. The van der Waals surface area contributed by atoms with Crippen molar-refractivity contribution in [2.24, 2.45) is 0 Å². The van der Waals surface area contributed by atoms with Gasteiger partial charge in [-0.3, -0.25) is 9.88 Å². The van der Waals surface area contributed by atoms with Crippen LogP contribution in [-0.4, -0.2) is 23.0 Å². The smallest absolute Gasteiger partial charge is 0.0464 e. The molecule has 2 rings (SSSR count). The third-order valence-electron chi connectivity index (χ3n) is 3.14. The summed E-state index contributed by atoms with van der Waals surface area (Å²) in [6.45, 7) is 7.68. The van der Waals surface area contributed by atoms with Crippen molar-refractivity contribution in [1.29, 1.82) is 0 Å². The minimum atomic E-state index is 0.908. The highest BCUT2D eigenvalue weighted by atomic mass is 79.9. The van der Waals surface area contributed by atoms with Gasteiger partial charge in [0.15, 0.2) is 0 Å². The molecule has 0 spiro atoms. The van der Waals surface area contributed by atoms with Gasteiger partial charge in [-0.2, -0.15) is 0 Å². The first-order chi connectivity index (χ1) is 7.24. The molecule has 0 radical (unpaired) electrons. The van der Waals surface area contributed by atoms with Crippen LogP contribution >= 0.6 is 15.9 Å². The van der Waals surface area contributed by atoms with Gasteiger partial charge in [0.05, 0.1) is 0 Å². The van der Waals surface area contributed by atoms with E-state index in [4.69, 9.17) is 4.98 Å². The number of nitrogens with zero attached hydrogens (tertiary/aromatic N) is 2. The molecule has 0 amide bonds. The maximum Gasteiger partial charge on any atom is 0.0464 e. The van der Waals surface area contributed by atoms with Crippen molar-refractivity contribution in [2.75, 3.05) is 13.1 Å². The first-order valence-electron chi connectivity index (χ1n) is 5.51. The Bertz CT molecular complexity index is 363. The Morgan fingerprint density at radius 1 is 1.53 bits per heavy atom. The molecular weight excluding hydrogens is 252 g/mol. The largest absolute Gasteiger partial charge is 0.299 e. The Hall–Kier alpha value is -0.410. The molecule has 0 unspecified atom stereocenters. The van der Waals surface area contributed by atoms with Crippen molar-refractivity contribution in [2.45, 2.75) is 32.1 Å². The van der Waals surface area contributed by atoms with Gasteiger partial charge in [0, 0.05) is 36.2 Å². The summed E-state index contributed by atoms with van der Waals surface area (Å²) in [6.07, 6.45) is 1.10. The number of aryl methyl sites for hydroxylation is 1. The summed E-state index contributed by atoms with van der Waals surface area (Å²) in [5.41, 5.74) is 5.23. The molecule has 0 aromatic carbocycles. The highest BCUT2D eigenvalue weighted by molar-refractivity contribution is 9.08. The van der Waals surface area contributed by atoms with Gasteiger partial charge in [-0.05, 0) is 24.6 Å². The van der Waals surface area contributed by atoms with Crippen LogP contribution < -0.4 is 0 Å². The Morgan fingerprint density at radius 2 is 2.33 bits per heavy atom. The van der Waals surface area contributed by atoms with Gasteiger partial charge in [-0.15, -0.1) is 0 Å². The number of halogens is 1. The lowest BCUT2D eigenvalue weighted by atomic mass is 10.0. The van der Waals surface area contributed by atoms with Crippen molar-refractivity contribution in [3.05, 3.63) is 28.6 Å². The Kier molecular flexibility index (Phi) is 3.42. The monoisotopic (exact) mass is 268 g/mol. The van der Waals surface area contributed by atoms with E-state index in [1.807, 2.05) is 0 Å². The van der Waals surface area contributed by atoms with Crippen LogP contribution in [0, 0.1) is 6.92 Å². The number of alkyl halides is 1. The summed E-state index contributed by atoms with van der Waals surface area (Å²) in [5, 5.41) is 0.908. The quantitative estimate of drug-likeness (QED) is 0.767. The Morgan fingerprint density at radius 3 is 3.00 bits per heavy atom. The van der Waals surface area contributed by atoms with E-state index in [0.29, 0.717) is 0 Å². The number of likely N-dealkylation sites (N-methyl/N-ethyl adjacent to an activating group) is 1. The fourth-order valence-corrected chi connectivity index (χ4v) is 2.65. The Labute approximate surface area is 99.8 Å². The van der Waals surface area contributed by atoms with Crippen molar-refractivity contribution < 1.29 is 0 Å². The first kappa shape index (κ1) is 11.1. The molecule has 1 aromatic heterocycles. The first-order valence-corrected chi connectivity index (χ1v) is 6.63. The molecule has 0 N–H and O–H groups in total. The molecular formula is C12H17BrN2. The third kappa shape index (κ3) is 2.23. The van der Waals surface area contributed by atoms with Crippen molar-refractivity contribution in [3.63, 3.8) is 0 Å². The second-order valence-corrected chi connectivity index (χ2v) is 4.65. The predicted molar refractivity (Wildman–Crippen MR) is 66.3 cm³/mol. The van der Waals surface area contributed by atoms with Gasteiger partial charge in [-0.25, -0.2) is 0 Å². The van der Waals surface area contributed by atoms with E-state index < -0.39 is 0 Å². The summed E-state index contributed by atoms with van der Waals surface area (Å²) >= 11 is 3.51. The maximum absolute atomic E-state index is 4.70. The predicted octanol–water partition coefficient (Wildman–Crippen LogP) is 2.66. The van der Waals surface area contributed by atoms with E-state index in [1.54, 1.807) is 0 Å². The number of rotatable bonds is 2. The normalized spacial score (nSPS) is 16.5. The lowest BCUT2D eigenvalue weighted by Gasteiger charge is -2.27. The SMILES string of the molecule is CCN1CCc2nc(C)c(CBr)cc2C1. The molecule has 1 aromatic rings. The minimum absolute atomic E-state index is 0.908. The van der Waals surface area contributed by atoms with Crippen molar-refractivity contribution in [1.82, 2.24) is 9.88 Å². The molecule has 0 bridgehead atoms. The topological polar surface area (TPSA) is 16.1 Å². The van der Waals surface area contributed by atoms with E-state index in [-0.39, 0.29) is 0 Å².